The van der Waals surface area contributed by atoms with Gasteiger partial charge in [0.15, 0.2) is 0 Å². The molecule has 2 rings (SSSR count). The molecular formula is C15H19F3N2O8. The number of halogens is 3. The van der Waals surface area contributed by atoms with Crippen LogP contribution in [0.25, 0.3) is 0 Å². The molecule has 0 aromatic rings. The van der Waals surface area contributed by atoms with Gasteiger partial charge in [0.05, 0.1) is 6.04 Å². The zero-order valence-electron chi connectivity index (χ0n) is 14.7. The molecular weight excluding hydrogens is 393 g/mol. The highest BCUT2D eigenvalue weighted by molar-refractivity contribution is 5.82. The van der Waals surface area contributed by atoms with E-state index in [2.05, 4.69) is 5.32 Å². The molecule has 0 aliphatic carbocycles. The Kier molecular flexibility index (Phi) is 7.38. The van der Waals surface area contributed by atoms with Crippen LogP contribution in [-0.2, 0) is 19.1 Å². The summed E-state index contributed by atoms with van der Waals surface area (Å²) in [5.74, 6) is -4.57. The van der Waals surface area contributed by atoms with E-state index in [0.29, 0.717) is 0 Å². The summed E-state index contributed by atoms with van der Waals surface area (Å²) in [7, 11) is 0. The van der Waals surface area contributed by atoms with Gasteiger partial charge in [-0.3, -0.25) is 9.69 Å². The summed E-state index contributed by atoms with van der Waals surface area (Å²) in [6.45, 7) is 3.06. The highest BCUT2D eigenvalue weighted by atomic mass is 19.4. The molecule has 158 valence electrons. The number of allylic oxidation sites excluding steroid dienone is 1. The van der Waals surface area contributed by atoms with Gasteiger partial charge >= 0.3 is 24.2 Å². The number of fused-ring (bicyclic) bond motifs is 1. The van der Waals surface area contributed by atoms with Crippen LogP contribution in [0, 0.1) is 5.92 Å². The van der Waals surface area contributed by atoms with Gasteiger partial charge in [-0.1, -0.05) is 12.2 Å². The van der Waals surface area contributed by atoms with Crippen molar-refractivity contribution in [2.24, 2.45) is 5.92 Å². The Morgan fingerprint density at radius 2 is 1.82 bits per heavy atom. The van der Waals surface area contributed by atoms with Crippen molar-refractivity contribution in [2.75, 3.05) is 0 Å². The molecule has 0 radical (unpaired) electrons. The van der Waals surface area contributed by atoms with Crippen LogP contribution in [0.1, 0.15) is 20.3 Å². The Labute approximate surface area is 156 Å². The van der Waals surface area contributed by atoms with Gasteiger partial charge in [0.25, 0.3) is 0 Å². The minimum atomic E-state index is -5.08. The summed E-state index contributed by atoms with van der Waals surface area (Å²) >= 11 is 0. The van der Waals surface area contributed by atoms with Crippen molar-refractivity contribution < 1.29 is 52.4 Å². The Morgan fingerprint density at radius 3 is 2.21 bits per heavy atom. The minimum absolute atomic E-state index is 0.211. The highest BCUT2D eigenvalue weighted by Crippen LogP contribution is 2.37. The number of hydrogen-bond donors (Lipinski definition) is 4. The number of aliphatic carboxylic acids is 2. The third-order valence-corrected chi connectivity index (χ3v) is 4.04. The number of carbonyl (C=O) groups is 4. The first-order valence-electron chi connectivity index (χ1n) is 7.91. The molecule has 5 atom stereocenters. The van der Waals surface area contributed by atoms with Gasteiger partial charge in [-0.25, -0.2) is 14.4 Å². The number of amides is 2. The zero-order valence-corrected chi connectivity index (χ0v) is 14.7. The van der Waals surface area contributed by atoms with Crippen LogP contribution in [0.2, 0.25) is 0 Å². The maximum atomic E-state index is 11.9. The van der Waals surface area contributed by atoms with Gasteiger partial charge in [-0.15, -0.1) is 0 Å². The van der Waals surface area contributed by atoms with Crippen molar-refractivity contribution in [3.05, 3.63) is 12.2 Å². The molecule has 2 heterocycles. The Morgan fingerprint density at radius 1 is 1.29 bits per heavy atom. The van der Waals surface area contributed by atoms with Crippen LogP contribution >= 0.6 is 0 Å². The molecule has 13 heteroatoms. The van der Waals surface area contributed by atoms with Crippen molar-refractivity contribution in [3.63, 3.8) is 0 Å². The second kappa shape index (κ2) is 8.91. The van der Waals surface area contributed by atoms with Gasteiger partial charge in [-0.05, 0) is 13.3 Å². The van der Waals surface area contributed by atoms with Gasteiger partial charge in [0.1, 0.15) is 12.1 Å². The van der Waals surface area contributed by atoms with E-state index < -0.39 is 54.5 Å². The second-order valence-corrected chi connectivity index (χ2v) is 5.98. The average Bonchev–Trinajstić information content (AvgIpc) is 2.91. The van der Waals surface area contributed by atoms with Crippen molar-refractivity contribution in [1.82, 2.24) is 10.2 Å². The number of aliphatic hydroxyl groups excluding tert-OH is 1. The number of carboxylic acids is 2. The van der Waals surface area contributed by atoms with E-state index >= 15 is 0 Å². The topological polar surface area (TPSA) is 153 Å². The monoisotopic (exact) mass is 412 g/mol. The maximum Gasteiger partial charge on any atom is 0.490 e. The van der Waals surface area contributed by atoms with E-state index in [9.17, 15) is 37.8 Å². The molecule has 10 nitrogen and oxygen atoms in total. The van der Waals surface area contributed by atoms with Crippen LogP contribution in [0.5, 0.6) is 0 Å². The zero-order chi connectivity index (χ0) is 21.8. The summed E-state index contributed by atoms with van der Waals surface area (Å²) in [6.07, 6.45) is -3.72. The molecule has 0 unspecified atom stereocenters. The predicted octanol–water partition coefficient (Wildman–Crippen LogP) is 0.313. The first-order valence-corrected chi connectivity index (χ1v) is 7.91. The molecule has 2 aliphatic rings. The fraction of sp³-hybridized carbons (Fsp3) is 0.600. The van der Waals surface area contributed by atoms with Crippen LogP contribution in [0.4, 0.5) is 18.0 Å². The van der Waals surface area contributed by atoms with E-state index in [4.69, 9.17) is 14.6 Å². The normalized spacial score (nSPS) is 29.4. The molecule has 2 aliphatic heterocycles. The largest absolute Gasteiger partial charge is 0.490 e. The van der Waals surface area contributed by atoms with E-state index in [1.165, 1.54) is 6.92 Å². The lowest BCUT2D eigenvalue weighted by molar-refractivity contribution is -0.192. The summed E-state index contributed by atoms with van der Waals surface area (Å²) < 4.78 is 36.5. The Balaban J connectivity index is 0.000000480. The minimum Gasteiger partial charge on any atom is -0.480 e. The Bertz CT molecular complexity index is 666. The molecule has 2 amide bonds. The first kappa shape index (κ1) is 23.2. The standard InChI is InChI=1S/C13H18N2O6.C2HF3O2/c1-3-4-7-5-8(11(17)18)15-10(7)9(14-6(2)16)12(19)21-13(15)20;3-2(4,5)1(6)7/h3-4,7-10,12,19H,5H2,1-2H3,(H,14,16)(H,17,18);(H,6,7)/b4-3-;/t7-,8-,9-,10-,12+;/m1./s1. The molecule has 4 N–H and O–H groups in total. The number of rotatable bonds is 3. The van der Waals surface area contributed by atoms with E-state index in [1.54, 1.807) is 19.1 Å². The average molecular weight is 412 g/mol. The van der Waals surface area contributed by atoms with Crippen LogP contribution < -0.4 is 5.32 Å². The molecule has 2 saturated heterocycles. The third kappa shape index (κ3) is 5.34. The number of ether oxygens (including phenoxy) is 1. The SMILES string of the molecule is C/C=C\[C@@H]1C[C@H](C(=O)O)N2C(=O)O[C@H](O)[C@H](NC(C)=O)[C@@H]12.O=C(O)C(F)(F)F. The van der Waals surface area contributed by atoms with Crippen LogP contribution in [0.15, 0.2) is 12.2 Å². The number of alkyl halides is 3. The van der Waals surface area contributed by atoms with Gasteiger partial charge in [-0.2, -0.15) is 13.2 Å². The van der Waals surface area contributed by atoms with Crippen molar-refractivity contribution in [2.45, 2.75) is 50.9 Å². The van der Waals surface area contributed by atoms with Crippen molar-refractivity contribution >= 4 is 23.9 Å². The van der Waals surface area contributed by atoms with Crippen LogP contribution in [0.3, 0.4) is 0 Å². The number of nitrogens with one attached hydrogen (secondary N) is 1. The van der Waals surface area contributed by atoms with E-state index in [-0.39, 0.29) is 12.3 Å². The lowest BCUT2D eigenvalue weighted by Crippen LogP contribution is -2.65. The van der Waals surface area contributed by atoms with E-state index in [1.807, 2.05) is 0 Å². The Hall–Kier alpha value is -2.83. The number of carbonyl (C=O) groups excluding carboxylic acids is 2. The van der Waals surface area contributed by atoms with Crippen molar-refractivity contribution in [1.29, 1.82) is 0 Å². The third-order valence-electron chi connectivity index (χ3n) is 4.04. The number of cyclic esters (lactones) is 1. The molecule has 0 spiro atoms. The predicted molar refractivity (Wildman–Crippen MR) is 83.8 cm³/mol. The fourth-order valence-corrected chi connectivity index (χ4v) is 3.07. The molecule has 0 bridgehead atoms. The number of hydrogen-bond acceptors (Lipinski definition) is 6. The number of aliphatic hydroxyl groups is 1. The highest BCUT2D eigenvalue weighted by Gasteiger charge is 2.55. The lowest BCUT2D eigenvalue weighted by Gasteiger charge is -2.41. The first-order chi connectivity index (χ1) is 12.8. The molecule has 0 saturated carbocycles. The van der Waals surface area contributed by atoms with Gasteiger partial charge in [0, 0.05) is 12.8 Å². The van der Waals surface area contributed by atoms with Crippen molar-refractivity contribution in [3.8, 4) is 0 Å². The summed E-state index contributed by atoms with van der Waals surface area (Å²) in [5, 5.41) is 28.8. The summed E-state index contributed by atoms with van der Waals surface area (Å²) in [4.78, 5) is 44.5. The number of carboxylic acid groups (broad SMARTS) is 2. The lowest BCUT2D eigenvalue weighted by atomic mass is 9.91. The van der Waals surface area contributed by atoms with E-state index in [0.717, 1.165) is 4.90 Å². The fourth-order valence-electron chi connectivity index (χ4n) is 3.07. The maximum absolute atomic E-state index is 11.9. The molecule has 0 aromatic heterocycles. The second-order valence-electron chi connectivity index (χ2n) is 5.98. The van der Waals surface area contributed by atoms with Gasteiger partial charge in [0.2, 0.25) is 12.2 Å². The van der Waals surface area contributed by atoms with Crippen LogP contribution in [-0.4, -0.2) is 74.8 Å². The summed E-state index contributed by atoms with van der Waals surface area (Å²) in [6, 6.07) is -2.55. The summed E-state index contributed by atoms with van der Waals surface area (Å²) in [5.41, 5.74) is 0. The molecule has 0 aromatic carbocycles. The smallest absolute Gasteiger partial charge is 0.480 e. The number of nitrogens with zero attached hydrogens (tertiary/aromatic N) is 1. The molecule has 28 heavy (non-hydrogen) atoms. The quantitative estimate of drug-likeness (QED) is 0.483. The van der Waals surface area contributed by atoms with Gasteiger partial charge < -0.3 is 25.4 Å². The molecule has 2 fully saturated rings.